The molecular formula is C14H19NO4. The van der Waals surface area contributed by atoms with Crippen LogP contribution in [0.1, 0.15) is 12.0 Å². The molecule has 1 aliphatic heterocycles. The molecule has 0 spiro atoms. The smallest absolute Gasteiger partial charge is 0.407 e. The lowest BCUT2D eigenvalue weighted by molar-refractivity contribution is -0.119. The van der Waals surface area contributed by atoms with Gasteiger partial charge in [-0.25, -0.2) is 4.79 Å². The number of aliphatic hydroxyl groups excluding tert-OH is 1. The van der Waals surface area contributed by atoms with Crippen LogP contribution in [0.4, 0.5) is 4.79 Å². The number of aliphatic hydroxyl groups is 1. The first-order valence-electron chi connectivity index (χ1n) is 6.37. The van der Waals surface area contributed by atoms with E-state index in [9.17, 15) is 4.79 Å². The predicted molar refractivity (Wildman–Crippen MR) is 69.6 cm³/mol. The monoisotopic (exact) mass is 265 g/mol. The fraction of sp³-hybridized carbons (Fsp3) is 0.500. The van der Waals surface area contributed by atoms with Crippen LogP contribution in [0.3, 0.4) is 0 Å². The Morgan fingerprint density at radius 2 is 2.11 bits per heavy atom. The van der Waals surface area contributed by atoms with E-state index in [1.165, 1.54) is 0 Å². The number of rotatable bonds is 6. The Morgan fingerprint density at radius 3 is 2.68 bits per heavy atom. The molecule has 104 valence electrons. The van der Waals surface area contributed by atoms with Crippen LogP contribution in [0.25, 0.3) is 0 Å². The van der Waals surface area contributed by atoms with Crippen LogP contribution in [0, 0.1) is 5.41 Å². The average Bonchev–Trinajstić information content (AvgIpc) is 2.40. The number of hydrogen-bond donors (Lipinski definition) is 2. The quantitative estimate of drug-likeness (QED) is 0.814. The van der Waals surface area contributed by atoms with Crippen LogP contribution in [-0.4, -0.2) is 37.6 Å². The first-order chi connectivity index (χ1) is 9.24. The molecule has 0 aliphatic carbocycles. The fourth-order valence-corrected chi connectivity index (χ4v) is 2.00. The normalized spacial score (nSPS) is 16.5. The third kappa shape index (κ3) is 3.94. The summed E-state index contributed by atoms with van der Waals surface area (Å²) in [5.74, 6) is 0. The SMILES string of the molecule is O=C(NCC1(CCO)COC1)OCc1ccccc1. The van der Waals surface area contributed by atoms with Crippen molar-refractivity contribution < 1.29 is 19.4 Å². The van der Waals surface area contributed by atoms with Gasteiger partial charge in [0.2, 0.25) is 0 Å². The highest BCUT2D eigenvalue weighted by atomic mass is 16.5. The summed E-state index contributed by atoms with van der Waals surface area (Å²) < 4.78 is 10.3. The average molecular weight is 265 g/mol. The predicted octanol–water partition coefficient (Wildman–Crippen LogP) is 1.31. The van der Waals surface area contributed by atoms with Crippen molar-refractivity contribution in [3.05, 3.63) is 35.9 Å². The first-order valence-corrected chi connectivity index (χ1v) is 6.37. The standard InChI is InChI=1S/C14H19NO4/c16-7-6-14(10-18-11-14)9-15-13(17)19-8-12-4-2-1-3-5-12/h1-5,16H,6-11H2,(H,15,17). The van der Waals surface area contributed by atoms with Gasteiger partial charge in [0, 0.05) is 18.6 Å². The molecule has 0 saturated carbocycles. The Hall–Kier alpha value is -1.59. The summed E-state index contributed by atoms with van der Waals surface area (Å²) in [4.78, 5) is 11.6. The number of benzene rings is 1. The maximum Gasteiger partial charge on any atom is 0.407 e. The second-order valence-electron chi connectivity index (χ2n) is 4.88. The van der Waals surface area contributed by atoms with Gasteiger partial charge in [-0.2, -0.15) is 0 Å². The highest BCUT2D eigenvalue weighted by Crippen LogP contribution is 2.30. The Bertz CT molecular complexity index is 403. The third-order valence-electron chi connectivity index (χ3n) is 3.28. The zero-order valence-corrected chi connectivity index (χ0v) is 10.8. The maximum absolute atomic E-state index is 11.6. The molecule has 1 aliphatic rings. The van der Waals surface area contributed by atoms with Gasteiger partial charge in [-0.3, -0.25) is 0 Å². The molecule has 2 rings (SSSR count). The van der Waals surface area contributed by atoms with Gasteiger partial charge in [-0.05, 0) is 12.0 Å². The molecule has 2 N–H and O–H groups in total. The Morgan fingerprint density at radius 1 is 1.37 bits per heavy atom. The molecule has 1 saturated heterocycles. The lowest BCUT2D eigenvalue weighted by Crippen LogP contribution is -2.51. The van der Waals surface area contributed by atoms with Crippen LogP contribution in [0.5, 0.6) is 0 Å². The van der Waals surface area contributed by atoms with Gasteiger partial charge < -0.3 is 19.9 Å². The van der Waals surface area contributed by atoms with Gasteiger partial charge >= 0.3 is 6.09 Å². The summed E-state index contributed by atoms with van der Waals surface area (Å²) in [6.45, 7) is 1.99. The molecule has 5 nitrogen and oxygen atoms in total. The van der Waals surface area contributed by atoms with E-state index in [1.54, 1.807) is 0 Å². The molecule has 1 fully saturated rings. The Balaban J connectivity index is 1.70. The van der Waals surface area contributed by atoms with Crippen molar-refractivity contribution in [3.63, 3.8) is 0 Å². The van der Waals surface area contributed by atoms with Crippen molar-refractivity contribution in [2.24, 2.45) is 5.41 Å². The number of alkyl carbamates (subject to hydrolysis) is 1. The van der Waals surface area contributed by atoms with Gasteiger partial charge in [-0.1, -0.05) is 30.3 Å². The molecular weight excluding hydrogens is 246 g/mol. The number of amides is 1. The van der Waals surface area contributed by atoms with Crippen LogP contribution >= 0.6 is 0 Å². The zero-order chi connectivity index (χ0) is 13.6. The van der Waals surface area contributed by atoms with Crippen LogP contribution in [0.15, 0.2) is 30.3 Å². The van der Waals surface area contributed by atoms with Gasteiger partial charge in [-0.15, -0.1) is 0 Å². The number of carbonyl (C=O) groups is 1. The van der Waals surface area contributed by atoms with Crippen LogP contribution in [0.2, 0.25) is 0 Å². The largest absolute Gasteiger partial charge is 0.445 e. The van der Waals surface area contributed by atoms with Gasteiger partial charge in [0.1, 0.15) is 6.61 Å². The summed E-state index contributed by atoms with van der Waals surface area (Å²) in [5.41, 5.74) is 0.829. The molecule has 5 heteroatoms. The van der Waals surface area contributed by atoms with E-state index in [4.69, 9.17) is 14.6 Å². The molecule has 1 aromatic carbocycles. The lowest BCUT2D eigenvalue weighted by Gasteiger charge is -2.41. The molecule has 0 unspecified atom stereocenters. The minimum absolute atomic E-state index is 0.101. The third-order valence-corrected chi connectivity index (χ3v) is 3.28. The Labute approximate surface area is 112 Å². The molecule has 0 bridgehead atoms. The highest BCUT2D eigenvalue weighted by molar-refractivity contribution is 5.67. The topological polar surface area (TPSA) is 67.8 Å². The minimum Gasteiger partial charge on any atom is -0.445 e. The van der Waals surface area contributed by atoms with Crippen molar-refractivity contribution in [1.82, 2.24) is 5.32 Å². The van der Waals surface area contributed by atoms with Gasteiger partial charge in [0.15, 0.2) is 0 Å². The number of nitrogens with one attached hydrogen (secondary N) is 1. The molecule has 0 aromatic heterocycles. The van der Waals surface area contributed by atoms with E-state index in [0.717, 1.165) is 5.56 Å². The molecule has 1 heterocycles. The molecule has 1 aromatic rings. The second-order valence-corrected chi connectivity index (χ2v) is 4.88. The summed E-state index contributed by atoms with van der Waals surface area (Å²) in [7, 11) is 0. The molecule has 0 radical (unpaired) electrons. The summed E-state index contributed by atoms with van der Waals surface area (Å²) >= 11 is 0. The van der Waals surface area contributed by atoms with Crippen molar-refractivity contribution in [3.8, 4) is 0 Å². The number of ether oxygens (including phenoxy) is 2. The van der Waals surface area contributed by atoms with E-state index in [0.29, 0.717) is 26.2 Å². The molecule has 1 amide bonds. The van der Waals surface area contributed by atoms with Crippen molar-refractivity contribution in [1.29, 1.82) is 0 Å². The van der Waals surface area contributed by atoms with E-state index in [1.807, 2.05) is 30.3 Å². The van der Waals surface area contributed by atoms with Crippen LogP contribution in [-0.2, 0) is 16.1 Å². The molecule has 19 heavy (non-hydrogen) atoms. The van der Waals surface area contributed by atoms with Crippen LogP contribution < -0.4 is 5.32 Å². The van der Waals surface area contributed by atoms with Gasteiger partial charge in [0.05, 0.1) is 13.2 Å². The summed E-state index contributed by atoms with van der Waals surface area (Å²) in [5, 5.41) is 11.7. The van der Waals surface area contributed by atoms with Gasteiger partial charge in [0.25, 0.3) is 0 Å². The highest BCUT2D eigenvalue weighted by Gasteiger charge is 2.38. The summed E-state index contributed by atoms with van der Waals surface area (Å²) in [6.07, 6.45) is 0.194. The number of hydrogen-bond acceptors (Lipinski definition) is 4. The van der Waals surface area contributed by atoms with Crippen molar-refractivity contribution in [2.75, 3.05) is 26.4 Å². The molecule has 0 atom stereocenters. The van der Waals surface area contributed by atoms with E-state index < -0.39 is 6.09 Å². The minimum atomic E-state index is -0.437. The fourth-order valence-electron chi connectivity index (χ4n) is 2.00. The lowest BCUT2D eigenvalue weighted by atomic mass is 9.83. The first kappa shape index (κ1) is 13.8. The maximum atomic E-state index is 11.6. The number of carbonyl (C=O) groups excluding carboxylic acids is 1. The van der Waals surface area contributed by atoms with Crippen molar-refractivity contribution >= 4 is 6.09 Å². The van der Waals surface area contributed by atoms with E-state index in [2.05, 4.69) is 5.32 Å². The second kappa shape index (κ2) is 6.54. The van der Waals surface area contributed by atoms with E-state index >= 15 is 0 Å². The van der Waals surface area contributed by atoms with Crippen molar-refractivity contribution in [2.45, 2.75) is 13.0 Å². The zero-order valence-electron chi connectivity index (χ0n) is 10.8. The summed E-state index contributed by atoms with van der Waals surface area (Å²) in [6, 6.07) is 9.52. The van der Waals surface area contributed by atoms with E-state index in [-0.39, 0.29) is 18.6 Å². The Kier molecular flexibility index (Phi) is 4.76.